The van der Waals surface area contributed by atoms with Crippen molar-refractivity contribution < 1.29 is 18.5 Å². The van der Waals surface area contributed by atoms with Crippen LogP contribution >= 0.6 is 0 Å². The van der Waals surface area contributed by atoms with Gasteiger partial charge in [-0.25, -0.2) is 0 Å². The van der Waals surface area contributed by atoms with E-state index in [-0.39, 0.29) is 17.6 Å². The number of carbonyl (C=O) groups is 2. The highest BCUT2D eigenvalue weighted by atomic mass is 16.5. The second kappa shape index (κ2) is 10.4. The maximum atomic E-state index is 12.7. The van der Waals surface area contributed by atoms with E-state index in [1.807, 2.05) is 44.2 Å². The quantitative estimate of drug-likeness (QED) is 0.497. The molecule has 0 radical (unpaired) electrons. The van der Waals surface area contributed by atoms with Crippen molar-refractivity contribution >= 4 is 11.8 Å². The van der Waals surface area contributed by atoms with Gasteiger partial charge in [0.2, 0.25) is 11.8 Å². The number of aromatic nitrogens is 2. The van der Waals surface area contributed by atoms with E-state index in [1.165, 1.54) is 6.26 Å². The first kappa shape index (κ1) is 21.3. The maximum Gasteiger partial charge on any atom is 0.287 e. The number of furan rings is 1. The van der Waals surface area contributed by atoms with E-state index in [2.05, 4.69) is 20.8 Å². The third kappa shape index (κ3) is 6.04. The second-order valence-electron chi connectivity index (χ2n) is 7.29. The number of amides is 2. The van der Waals surface area contributed by atoms with Crippen molar-refractivity contribution in [2.45, 2.75) is 45.1 Å². The minimum absolute atomic E-state index is 0.165. The largest absolute Gasteiger partial charge is 0.459 e. The lowest BCUT2D eigenvalue weighted by molar-refractivity contribution is -0.122. The van der Waals surface area contributed by atoms with Gasteiger partial charge in [0, 0.05) is 25.3 Å². The molecule has 0 aliphatic rings. The van der Waals surface area contributed by atoms with E-state index >= 15 is 0 Å². The molecular formula is C22H26N4O4. The molecule has 1 unspecified atom stereocenters. The fraction of sp³-hybridized carbons (Fsp3) is 0.364. The first-order chi connectivity index (χ1) is 14.5. The summed E-state index contributed by atoms with van der Waals surface area (Å²) in [5.74, 6) is 0.921. The zero-order valence-electron chi connectivity index (χ0n) is 17.1. The predicted molar refractivity (Wildman–Crippen MR) is 110 cm³/mol. The van der Waals surface area contributed by atoms with Crippen LogP contribution in [0.1, 0.15) is 54.0 Å². The Morgan fingerprint density at radius 1 is 1.10 bits per heavy atom. The summed E-state index contributed by atoms with van der Waals surface area (Å²) in [5, 5.41) is 9.57. The van der Waals surface area contributed by atoms with Gasteiger partial charge < -0.3 is 19.6 Å². The molecule has 0 fully saturated rings. The smallest absolute Gasteiger partial charge is 0.287 e. The van der Waals surface area contributed by atoms with Crippen LogP contribution in [0.2, 0.25) is 0 Å². The fourth-order valence-corrected chi connectivity index (χ4v) is 2.87. The zero-order chi connectivity index (χ0) is 21.3. The molecule has 0 saturated heterocycles. The van der Waals surface area contributed by atoms with Crippen LogP contribution in [-0.2, 0) is 17.6 Å². The lowest BCUT2D eigenvalue weighted by Gasteiger charge is -2.18. The Balaban J connectivity index is 1.54. The number of hydrogen-bond donors (Lipinski definition) is 2. The van der Waals surface area contributed by atoms with Crippen molar-refractivity contribution in [2.24, 2.45) is 0 Å². The van der Waals surface area contributed by atoms with E-state index < -0.39 is 11.9 Å². The highest BCUT2D eigenvalue weighted by molar-refractivity contribution is 5.95. The summed E-state index contributed by atoms with van der Waals surface area (Å²) < 4.78 is 10.3. The Bertz CT molecular complexity index is 935. The minimum Gasteiger partial charge on any atom is -0.459 e. The number of nitrogens with one attached hydrogen (secondary N) is 2. The van der Waals surface area contributed by atoms with Crippen molar-refractivity contribution in [3.05, 3.63) is 71.8 Å². The third-order valence-corrected chi connectivity index (χ3v) is 4.52. The van der Waals surface area contributed by atoms with Gasteiger partial charge in [-0.05, 0) is 24.1 Å². The van der Waals surface area contributed by atoms with E-state index in [4.69, 9.17) is 8.94 Å². The van der Waals surface area contributed by atoms with Crippen molar-refractivity contribution in [3.63, 3.8) is 0 Å². The molecule has 8 heteroatoms. The first-order valence-electron chi connectivity index (χ1n) is 10.0. The lowest BCUT2D eigenvalue weighted by atomic mass is 10.0. The monoisotopic (exact) mass is 410 g/mol. The molecule has 158 valence electrons. The number of hydrogen-bond acceptors (Lipinski definition) is 6. The Labute approximate surface area is 175 Å². The van der Waals surface area contributed by atoms with Crippen LogP contribution in [0, 0.1) is 0 Å². The van der Waals surface area contributed by atoms with E-state index in [1.54, 1.807) is 12.1 Å². The molecule has 0 bridgehead atoms. The highest BCUT2D eigenvalue weighted by Gasteiger charge is 2.22. The van der Waals surface area contributed by atoms with Crippen LogP contribution in [0.15, 0.2) is 57.7 Å². The number of benzene rings is 1. The van der Waals surface area contributed by atoms with Crippen molar-refractivity contribution in [1.82, 2.24) is 20.8 Å². The Morgan fingerprint density at radius 2 is 1.90 bits per heavy atom. The van der Waals surface area contributed by atoms with Gasteiger partial charge in [0.25, 0.3) is 5.91 Å². The van der Waals surface area contributed by atoms with E-state index in [0.717, 1.165) is 5.56 Å². The number of nitrogens with zero attached hydrogens (tertiary/aromatic N) is 2. The Kier molecular flexibility index (Phi) is 7.37. The SMILES string of the molecule is CC(C)c1noc(CCCNC(=O)C(Cc2ccccc2)NC(=O)c2ccco2)n1. The summed E-state index contributed by atoms with van der Waals surface area (Å²) >= 11 is 0. The first-order valence-corrected chi connectivity index (χ1v) is 10.0. The van der Waals surface area contributed by atoms with Crippen LogP contribution in [0.5, 0.6) is 0 Å². The van der Waals surface area contributed by atoms with Crippen molar-refractivity contribution in [2.75, 3.05) is 6.54 Å². The molecule has 3 rings (SSSR count). The summed E-state index contributed by atoms with van der Waals surface area (Å²) in [5.41, 5.74) is 0.949. The van der Waals surface area contributed by atoms with Crippen LogP contribution < -0.4 is 10.6 Å². The van der Waals surface area contributed by atoms with E-state index in [9.17, 15) is 9.59 Å². The van der Waals surface area contributed by atoms with Crippen LogP contribution in [-0.4, -0.2) is 34.5 Å². The van der Waals surface area contributed by atoms with Crippen LogP contribution in [0.3, 0.4) is 0 Å². The van der Waals surface area contributed by atoms with Gasteiger partial charge >= 0.3 is 0 Å². The normalized spacial score (nSPS) is 12.0. The molecular weight excluding hydrogens is 384 g/mol. The molecule has 1 aromatic carbocycles. The number of rotatable bonds is 10. The maximum absolute atomic E-state index is 12.7. The number of aryl methyl sites for hydroxylation is 1. The van der Waals surface area contributed by atoms with E-state index in [0.29, 0.717) is 37.5 Å². The average Bonchev–Trinajstić information content (AvgIpc) is 3.43. The van der Waals surface area contributed by atoms with Gasteiger partial charge in [0.15, 0.2) is 11.6 Å². The average molecular weight is 410 g/mol. The van der Waals surface area contributed by atoms with Gasteiger partial charge in [-0.3, -0.25) is 9.59 Å². The van der Waals surface area contributed by atoms with Crippen LogP contribution in [0.4, 0.5) is 0 Å². The minimum atomic E-state index is -0.721. The van der Waals surface area contributed by atoms with Gasteiger partial charge in [-0.1, -0.05) is 49.3 Å². The lowest BCUT2D eigenvalue weighted by Crippen LogP contribution is -2.48. The highest BCUT2D eigenvalue weighted by Crippen LogP contribution is 2.10. The van der Waals surface area contributed by atoms with Crippen LogP contribution in [0.25, 0.3) is 0 Å². The summed E-state index contributed by atoms with van der Waals surface area (Å²) in [7, 11) is 0. The zero-order valence-corrected chi connectivity index (χ0v) is 17.1. The Hall–Kier alpha value is -3.42. The molecule has 0 spiro atoms. The molecule has 0 aliphatic carbocycles. The molecule has 0 aliphatic heterocycles. The predicted octanol–water partition coefficient (Wildman–Crippen LogP) is 2.88. The molecule has 2 amide bonds. The molecule has 30 heavy (non-hydrogen) atoms. The Morgan fingerprint density at radius 3 is 2.57 bits per heavy atom. The fourth-order valence-electron chi connectivity index (χ4n) is 2.87. The van der Waals surface area contributed by atoms with Crippen molar-refractivity contribution in [3.8, 4) is 0 Å². The van der Waals surface area contributed by atoms with Gasteiger partial charge in [-0.15, -0.1) is 0 Å². The molecule has 1 atom stereocenters. The molecule has 2 aromatic heterocycles. The summed E-state index contributed by atoms with van der Waals surface area (Å²) in [6.07, 6.45) is 3.02. The van der Waals surface area contributed by atoms with Gasteiger partial charge in [0.1, 0.15) is 6.04 Å². The van der Waals surface area contributed by atoms with Gasteiger partial charge in [-0.2, -0.15) is 4.98 Å². The summed E-state index contributed by atoms with van der Waals surface area (Å²) in [6, 6.07) is 12.0. The second-order valence-corrected chi connectivity index (χ2v) is 7.29. The van der Waals surface area contributed by atoms with Crippen molar-refractivity contribution in [1.29, 1.82) is 0 Å². The summed E-state index contributed by atoms with van der Waals surface area (Å²) in [6.45, 7) is 4.43. The topological polar surface area (TPSA) is 110 Å². The third-order valence-electron chi connectivity index (χ3n) is 4.52. The molecule has 2 N–H and O–H groups in total. The van der Waals surface area contributed by atoms with Gasteiger partial charge in [0.05, 0.1) is 6.26 Å². The molecule has 3 aromatic rings. The molecule has 2 heterocycles. The molecule has 0 saturated carbocycles. The number of carbonyl (C=O) groups excluding carboxylic acids is 2. The summed E-state index contributed by atoms with van der Waals surface area (Å²) in [4.78, 5) is 29.4. The molecule has 8 nitrogen and oxygen atoms in total. The standard InChI is InChI=1S/C22H26N4O4/c1-15(2)20-25-19(30-26-20)11-6-12-23-21(27)17(14-16-8-4-3-5-9-16)24-22(28)18-10-7-13-29-18/h3-5,7-10,13,15,17H,6,11-12,14H2,1-2H3,(H,23,27)(H,24,28).